The molecule has 0 atom stereocenters. The highest BCUT2D eigenvalue weighted by Gasteiger charge is 2.11. The smallest absolute Gasteiger partial charge is 0.175 e. The van der Waals surface area contributed by atoms with Gasteiger partial charge in [0.25, 0.3) is 0 Å². The van der Waals surface area contributed by atoms with Crippen LogP contribution >= 0.6 is 11.3 Å². The third-order valence-corrected chi connectivity index (χ3v) is 5.09. The molecular weight excluding hydrogens is 304 g/mol. The predicted molar refractivity (Wildman–Crippen MR) is 85.1 cm³/mol. The van der Waals surface area contributed by atoms with Gasteiger partial charge in [-0.1, -0.05) is 12.1 Å². The van der Waals surface area contributed by atoms with Crippen molar-refractivity contribution in [3.05, 3.63) is 47.2 Å². The largest absolute Gasteiger partial charge is 0.267 e. The molecule has 0 spiro atoms. The van der Waals surface area contributed by atoms with Crippen LogP contribution in [0.25, 0.3) is 22.5 Å². The lowest BCUT2D eigenvalue weighted by Gasteiger charge is -1.99. The number of nitrogens with zero attached hydrogens (tertiary/aromatic N) is 2. The summed E-state index contributed by atoms with van der Waals surface area (Å²) in [6, 6.07) is 10.9. The molecule has 0 N–H and O–H groups in total. The molecule has 0 radical (unpaired) electrons. The zero-order valence-electron chi connectivity index (χ0n) is 11.6. The normalized spacial score (nSPS) is 11.7. The first kappa shape index (κ1) is 14.0. The Morgan fingerprint density at radius 3 is 2.38 bits per heavy atom. The number of hydrogen-bond acceptors (Lipinski definition) is 4. The van der Waals surface area contributed by atoms with Crippen molar-refractivity contribution < 1.29 is 8.42 Å². The number of rotatable bonds is 3. The van der Waals surface area contributed by atoms with Crippen molar-refractivity contribution in [1.82, 2.24) is 9.78 Å². The standard InChI is InChI=1S/C15H14N2O2S2/c1-17-15(12-7-8-20-10-12)9-14(16-17)11-3-5-13(6-4-11)21(2,18)19/h3-10H,1-2H3. The Morgan fingerprint density at radius 2 is 1.81 bits per heavy atom. The van der Waals surface area contributed by atoms with Gasteiger partial charge in [-0.2, -0.15) is 16.4 Å². The van der Waals surface area contributed by atoms with Crippen molar-refractivity contribution in [2.45, 2.75) is 4.90 Å². The number of aryl methyl sites for hydroxylation is 1. The maximum absolute atomic E-state index is 11.5. The van der Waals surface area contributed by atoms with E-state index in [4.69, 9.17) is 0 Å². The second-order valence-corrected chi connectivity index (χ2v) is 7.64. The van der Waals surface area contributed by atoms with Crippen molar-refractivity contribution >= 4 is 21.2 Å². The van der Waals surface area contributed by atoms with Crippen molar-refractivity contribution in [3.8, 4) is 22.5 Å². The van der Waals surface area contributed by atoms with Gasteiger partial charge < -0.3 is 0 Å². The molecule has 6 heteroatoms. The molecule has 3 aromatic rings. The zero-order chi connectivity index (χ0) is 15.0. The van der Waals surface area contributed by atoms with E-state index in [1.807, 2.05) is 23.2 Å². The van der Waals surface area contributed by atoms with Gasteiger partial charge in [0.05, 0.1) is 16.3 Å². The molecule has 0 aliphatic carbocycles. The first-order valence-corrected chi connectivity index (χ1v) is 9.16. The van der Waals surface area contributed by atoms with Crippen molar-refractivity contribution in [2.24, 2.45) is 7.05 Å². The van der Waals surface area contributed by atoms with E-state index in [0.29, 0.717) is 4.90 Å². The summed E-state index contributed by atoms with van der Waals surface area (Å²) in [7, 11) is -1.26. The molecule has 0 saturated carbocycles. The van der Waals surface area contributed by atoms with Crippen LogP contribution in [0.1, 0.15) is 0 Å². The fourth-order valence-corrected chi connectivity index (χ4v) is 3.44. The molecule has 4 nitrogen and oxygen atoms in total. The van der Waals surface area contributed by atoms with Crippen molar-refractivity contribution in [1.29, 1.82) is 0 Å². The van der Waals surface area contributed by atoms with Crippen LogP contribution in [0.4, 0.5) is 0 Å². The summed E-state index contributed by atoms with van der Waals surface area (Å²) < 4.78 is 24.8. The van der Waals surface area contributed by atoms with Crippen LogP contribution in [0.15, 0.2) is 52.1 Å². The second-order valence-electron chi connectivity index (χ2n) is 4.85. The van der Waals surface area contributed by atoms with E-state index in [9.17, 15) is 8.42 Å². The summed E-state index contributed by atoms with van der Waals surface area (Å²) in [5.41, 5.74) is 3.91. The topological polar surface area (TPSA) is 52.0 Å². The fourth-order valence-electron chi connectivity index (χ4n) is 2.16. The van der Waals surface area contributed by atoms with Crippen LogP contribution in [-0.2, 0) is 16.9 Å². The quantitative estimate of drug-likeness (QED) is 0.745. The van der Waals surface area contributed by atoms with E-state index in [1.54, 1.807) is 35.6 Å². The molecule has 0 aliphatic heterocycles. The molecular formula is C15H14N2O2S2. The highest BCUT2D eigenvalue weighted by molar-refractivity contribution is 7.90. The Balaban J connectivity index is 2.00. The lowest BCUT2D eigenvalue weighted by Crippen LogP contribution is -1.96. The number of sulfone groups is 1. The van der Waals surface area contributed by atoms with Gasteiger partial charge in [-0.15, -0.1) is 0 Å². The lowest BCUT2D eigenvalue weighted by molar-refractivity contribution is 0.602. The van der Waals surface area contributed by atoms with Crippen LogP contribution in [0.3, 0.4) is 0 Å². The van der Waals surface area contributed by atoms with Crippen LogP contribution in [0.5, 0.6) is 0 Å². The van der Waals surface area contributed by atoms with Gasteiger partial charge in [-0.3, -0.25) is 4.68 Å². The van der Waals surface area contributed by atoms with Crippen LogP contribution < -0.4 is 0 Å². The van der Waals surface area contributed by atoms with Crippen LogP contribution in [0, 0.1) is 0 Å². The summed E-state index contributed by atoms with van der Waals surface area (Å²) in [6.07, 6.45) is 1.21. The van der Waals surface area contributed by atoms with E-state index in [0.717, 1.165) is 22.5 Å². The lowest BCUT2D eigenvalue weighted by atomic mass is 10.1. The third-order valence-electron chi connectivity index (χ3n) is 3.27. The average molecular weight is 318 g/mol. The molecule has 0 unspecified atom stereocenters. The van der Waals surface area contributed by atoms with E-state index < -0.39 is 9.84 Å². The number of benzene rings is 1. The van der Waals surface area contributed by atoms with Gasteiger partial charge in [0.2, 0.25) is 0 Å². The fraction of sp³-hybridized carbons (Fsp3) is 0.133. The molecule has 2 heterocycles. The highest BCUT2D eigenvalue weighted by atomic mass is 32.2. The van der Waals surface area contributed by atoms with Crippen LogP contribution in [0.2, 0.25) is 0 Å². The first-order valence-electron chi connectivity index (χ1n) is 6.32. The van der Waals surface area contributed by atoms with Gasteiger partial charge in [-0.05, 0) is 29.6 Å². The molecule has 21 heavy (non-hydrogen) atoms. The SMILES string of the molecule is Cn1nc(-c2ccc(S(C)(=O)=O)cc2)cc1-c1ccsc1. The average Bonchev–Trinajstić information content (AvgIpc) is 3.07. The Hall–Kier alpha value is -1.92. The highest BCUT2D eigenvalue weighted by Crippen LogP contribution is 2.27. The van der Waals surface area contributed by atoms with E-state index in [2.05, 4.69) is 16.5 Å². The van der Waals surface area contributed by atoms with Crippen LogP contribution in [-0.4, -0.2) is 24.5 Å². The number of aromatic nitrogens is 2. The van der Waals surface area contributed by atoms with Gasteiger partial charge in [0, 0.05) is 29.8 Å². The van der Waals surface area contributed by atoms with Gasteiger partial charge in [0.15, 0.2) is 9.84 Å². The minimum absolute atomic E-state index is 0.320. The van der Waals surface area contributed by atoms with E-state index in [1.165, 1.54) is 6.26 Å². The number of hydrogen-bond donors (Lipinski definition) is 0. The minimum atomic E-state index is -3.16. The molecule has 0 bridgehead atoms. The minimum Gasteiger partial charge on any atom is -0.267 e. The predicted octanol–water partition coefficient (Wildman–Crippen LogP) is 3.22. The molecule has 0 aliphatic rings. The Labute approximate surface area is 127 Å². The number of thiophene rings is 1. The zero-order valence-corrected chi connectivity index (χ0v) is 13.3. The first-order chi connectivity index (χ1) is 9.95. The van der Waals surface area contributed by atoms with E-state index in [-0.39, 0.29) is 0 Å². The Morgan fingerprint density at radius 1 is 1.10 bits per heavy atom. The summed E-state index contributed by atoms with van der Waals surface area (Å²) in [6.45, 7) is 0. The molecule has 0 amide bonds. The summed E-state index contributed by atoms with van der Waals surface area (Å²) >= 11 is 1.65. The maximum Gasteiger partial charge on any atom is 0.175 e. The van der Waals surface area contributed by atoms with Gasteiger partial charge >= 0.3 is 0 Å². The van der Waals surface area contributed by atoms with Crippen molar-refractivity contribution in [3.63, 3.8) is 0 Å². The Kier molecular flexibility index (Phi) is 3.43. The molecule has 3 rings (SSSR count). The monoisotopic (exact) mass is 318 g/mol. The molecule has 1 aromatic carbocycles. The molecule has 2 aromatic heterocycles. The second kappa shape index (κ2) is 5.13. The molecule has 0 saturated heterocycles. The Bertz CT molecular complexity index is 861. The van der Waals surface area contributed by atoms with Gasteiger partial charge in [-0.25, -0.2) is 8.42 Å². The van der Waals surface area contributed by atoms with Crippen molar-refractivity contribution in [2.75, 3.05) is 6.26 Å². The van der Waals surface area contributed by atoms with E-state index >= 15 is 0 Å². The summed E-state index contributed by atoms with van der Waals surface area (Å²) in [5, 5.41) is 8.61. The maximum atomic E-state index is 11.5. The summed E-state index contributed by atoms with van der Waals surface area (Å²) in [4.78, 5) is 0.320. The summed E-state index contributed by atoms with van der Waals surface area (Å²) in [5.74, 6) is 0. The molecule has 108 valence electrons. The third kappa shape index (κ3) is 2.77. The van der Waals surface area contributed by atoms with Gasteiger partial charge in [0.1, 0.15) is 0 Å². The molecule has 0 fully saturated rings.